The number of rotatable bonds is 5. The van der Waals surface area contributed by atoms with Crippen LogP contribution in [0.2, 0.25) is 0 Å². The zero-order valence-corrected chi connectivity index (χ0v) is 23.0. The molecule has 1 saturated carbocycles. The minimum atomic E-state index is -4.51. The van der Waals surface area contributed by atoms with Crippen molar-refractivity contribution in [1.82, 2.24) is 20.3 Å². The van der Waals surface area contributed by atoms with Crippen LogP contribution in [0.25, 0.3) is 10.9 Å². The molecule has 10 nitrogen and oxygen atoms in total. The number of carbonyl (C=O) groups is 1. The maximum absolute atomic E-state index is 14.7. The summed E-state index contributed by atoms with van der Waals surface area (Å²) in [5.41, 5.74) is 0.495. The highest BCUT2D eigenvalue weighted by atomic mass is 32.2. The molecule has 0 spiro atoms. The highest BCUT2D eigenvalue weighted by Gasteiger charge is 2.36. The number of aromatic nitrogens is 3. The van der Waals surface area contributed by atoms with E-state index in [-0.39, 0.29) is 18.7 Å². The van der Waals surface area contributed by atoms with Gasteiger partial charge in [0.15, 0.2) is 11.6 Å². The quantitative estimate of drug-likeness (QED) is 0.360. The number of benzene rings is 1. The molecule has 4 aromatic rings. The Morgan fingerprint density at radius 1 is 1.05 bits per heavy atom. The number of nitrogens with one attached hydrogen (secondary N) is 1. The van der Waals surface area contributed by atoms with Crippen molar-refractivity contribution in [3.05, 3.63) is 71.6 Å². The molecule has 1 aliphatic carbocycles. The number of nitrogens with zero attached hydrogens (tertiary/aromatic N) is 4. The first-order valence-corrected chi connectivity index (χ1v) is 15.1. The molecule has 3 aliphatic rings. The van der Waals surface area contributed by atoms with E-state index in [1.165, 1.54) is 0 Å². The normalized spacial score (nSPS) is 19.2. The maximum atomic E-state index is 14.7. The van der Waals surface area contributed by atoms with Crippen molar-refractivity contribution in [2.75, 3.05) is 24.7 Å². The summed E-state index contributed by atoms with van der Waals surface area (Å²) in [6.07, 6.45) is 5.34. The third-order valence-electron chi connectivity index (χ3n) is 7.55. The molecular formula is C29H25F2N5O5S. The van der Waals surface area contributed by atoms with E-state index in [1.54, 1.807) is 12.3 Å². The number of fused-ring (bicyclic) bond motifs is 3. The summed E-state index contributed by atoms with van der Waals surface area (Å²) in [6.45, 7) is 0.778. The fraction of sp³-hybridized carbons (Fsp3) is 0.310. The smallest absolute Gasteiger partial charge is 0.251 e. The van der Waals surface area contributed by atoms with Gasteiger partial charge in [0, 0.05) is 41.2 Å². The zero-order valence-electron chi connectivity index (χ0n) is 22.2. The first-order chi connectivity index (χ1) is 20.3. The second kappa shape index (κ2) is 10.2. The lowest BCUT2D eigenvalue weighted by molar-refractivity contribution is 0.0949. The van der Waals surface area contributed by atoms with Gasteiger partial charge in [0.25, 0.3) is 5.91 Å². The van der Waals surface area contributed by atoms with Gasteiger partial charge in [-0.15, -0.1) is 0 Å². The Hall–Kier alpha value is -4.39. The number of halogens is 2. The molecule has 7 rings (SSSR count). The molecule has 42 heavy (non-hydrogen) atoms. The molecule has 1 aromatic carbocycles. The number of hydrogen-bond acceptors (Lipinski definition) is 9. The topological polar surface area (TPSA) is 124 Å². The van der Waals surface area contributed by atoms with Crippen LogP contribution in [-0.2, 0) is 16.4 Å². The summed E-state index contributed by atoms with van der Waals surface area (Å²) in [7, 11) is -4.51. The van der Waals surface area contributed by atoms with Crippen LogP contribution in [0.5, 0.6) is 11.5 Å². The van der Waals surface area contributed by atoms with Crippen molar-refractivity contribution in [2.24, 2.45) is 0 Å². The largest absolute Gasteiger partial charge is 0.489 e. The molecule has 0 saturated heterocycles. The molecule has 13 heteroatoms. The van der Waals surface area contributed by atoms with Crippen LogP contribution in [0.3, 0.4) is 0 Å². The standard InChI is InChI=1S/C29H25F2N5O5S/c30-20-9-18(10-25-28(20)41-7-5-26(31)42(25,38)39)29(37)34-14-19-11-22-17(13-32-19)3-4-27(35-22)36-6-8-40-24-12-21(16-1-2-16)33-15-23(24)36/h3-4,9-13,15-16,26H,1-2,5-8,14H2,(H,34,37)/t26-/m1/s1. The van der Waals surface area contributed by atoms with Gasteiger partial charge >= 0.3 is 0 Å². The molecule has 1 atom stereocenters. The van der Waals surface area contributed by atoms with Crippen LogP contribution in [0.1, 0.15) is 46.9 Å². The molecule has 1 amide bonds. The third-order valence-corrected chi connectivity index (χ3v) is 9.38. The predicted octanol–water partition coefficient (Wildman–Crippen LogP) is 4.35. The van der Waals surface area contributed by atoms with Gasteiger partial charge in [0.2, 0.25) is 15.3 Å². The van der Waals surface area contributed by atoms with Crippen LogP contribution in [-0.4, -0.2) is 54.5 Å². The minimum Gasteiger partial charge on any atom is -0.489 e. The average Bonchev–Trinajstić information content (AvgIpc) is 3.85. The predicted molar refractivity (Wildman–Crippen MR) is 148 cm³/mol. The summed E-state index contributed by atoms with van der Waals surface area (Å²) >= 11 is 0. The summed E-state index contributed by atoms with van der Waals surface area (Å²) in [5, 5.41) is 3.41. The lowest BCUT2D eigenvalue weighted by Gasteiger charge is -2.30. The van der Waals surface area contributed by atoms with Gasteiger partial charge < -0.3 is 19.7 Å². The Kier molecular flexibility index (Phi) is 6.41. The number of hydrogen-bond donors (Lipinski definition) is 1. The Bertz CT molecular complexity index is 1850. The average molecular weight is 594 g/mol. The van der Waals surface area contributed by atoms with Crippen LogP contribution >= 0.6 is 0 Å². The van der Waals surface area contributed by atoms with E-state index in [2.05, 4.69) is 20.2 Å². The van der Waals surface area contributed by atoms with Crippen LogP contribution in [0, 0.1) is 5.82 Å². The number of alkyl halides is 1. The molecular weight excluding hydrogens is 568 g/mol. The highest BCUT2D eigenvalue weighted by Crippen LogP contribution is 2.43. The second-order valence-corrected chi connectivity index (χ2v) is 12.5. The number of amides is 1. The van der Waals surface area contributed by atoms with Crippen LogP contribution in [0.4, 0.5) is 20.3 Å². The lowest BCUT2D eigenvalue weighted by Crippen LogP contribution is -2.29. The number of sulfone groups is 1. The van der Waals surface area contributed by atoms with E-state index in [4.69, 9.17) is 14.5 Å². The number of pyridine rings is 3. The van der Waals surface area contributed by atoms with Crippen molar-refractivity contribution < 1.29 is 31.5 Å². The zero-order chi connectivity index (χ0) is 29.0. The summed E-state index contributed by atoms with van der Waals surface area (Å²) in [4.78, 5) is 28.1. The Morgan fingerprint density at radius 3 is 2.74 bits per heavy atom. The highest BCUT2D eigenvalue weighted by molar-refractivity contribution is 7.92. The minimum absolute atomic E-state index is 0.0391. The molecule has 216 valence electrons. The van der Waals surface area contributed by atoms with Crippen molar-refractivity contribution in [1.29, 1.82) is 0 Å². The maximum Gasteiger partial charge on any atom is 0.251 e. The van der Waals surface area contributed by atoms with Gasteiger partial charge in [0.05, 0.1) is 37.1 Å². The number of anilines is 2. The van der Waals surface area contributed by atoms with Crippen LogP contribution < -0.4 is 19.7 Å². The van der Waals surface area contributed by atoms with E-state index < -0.39 is 44.1 Å². The molecule has 0 radical (unpaired) electrons. The molecule has 0 unspecified atom stereocenters. The first kappa shape index (κ1) is 26.5. The molecule has 1 N–H and O–H groups in total. The number of carbonyl (C=O) groups excluding carboxylic acids is 1. The third kappa shape index (κ3) is 4.77. The van der Waals surface area contributed by atoms with E-state index in [0.29, 0.717) is 36.1 Å². The molecule has 5 heterocycles. The fourth-order valence-electron chi connectivity index (χ4n) is 5.14. The van der Waals surface area contributed by atoms with Gasteiger partial charge in [-0.25, -0.2) is 22.2 Å². The van der Waals surface area contributed by atoms with E-state index in [1.807, 2.05) is 24.4 Å². The first-order valence-electron chi connectivity index (χ1n) is 13.6. The molecule has 1 fully saturated rings. The summed E-state index contributed by atoms with van der Waals surface area (Å²) < 4.78 is 65.0. The van der Waals surface area contributed by atoms with E-state index in [9.17, 15) is 22.0 Å². The van der Waals surface area contributed by atoms with Gasteiger partial charge in [-0.2, -0.15) is 0 Å². The molecule has 0 bridgehead atoms. The van der Waals surface area contributed by atoms with Gasteiger partial charge in [-0.05, 0) is 43.2 Å². The Morgan fingerprint density at radius 2 is 1.90 bits per heavy atom. The summed E-state index contributed by atoms with van der Waals surface area (Å²) in [6, 6.07) is 9.37. The SMILES string of the molecule is O=C(NCc1cc2nc(N3CCOc4cc(C5CC5)ncc43)ccc2cn1)c1cc(F)c2c(c1)S(=O)(=O)[C@@H](F)CCO2. The Balaban J connectivity index is 1.11. The van der Waals surface area contributed by atoms with E-state index in [0.717, 1.165) is 47.5 Å². The van der Waals surface area contributed by atoms with Gasteiger partial charge in [0.1, 0.15) is 28.8 Å². The van der Waals surface area contributed by atoms with Crippen molar-refractivity contribution in [3.63, 3.8) is 0 Å². The van der Waals surface area contributed by atoms with Gasteiger partial charge in [-0.3, -0.25) is 14.8 Å². The van der Waals surface area contributed by atoms with Crippen molar-refractivity contribution in [3.8, 4) is 11.5 Å². The number of ether oxygens (including phenoxy) is 2. The molecule has 2 aliphatic heterocycles. The fourth-order valence-corrected chi connectivity index (χ4v) is 6.52. The molecule has 3 aromatic heterocycles. The summed E-state index contributed by atoms with van der Waals surface area (Å²) in [5.74, 6) is -0.373. The lowest BCUT2D eigenvalue weighted by atomic mass is 10.2. The van der Waals surface area contributed by atoms with Gasteiger partial charge in [-0.1, -0.05) is 0 Å². The monoisotopic (exact) mass is 593 g/mol. The second-order valence-electron chi connectivity index (χ2n) is 10.4. The van der Waals surface area contributed by atoms with E-state index >= 15 is 0 Å². The van der Waals surface area contributed by atoms with Crippen molar-refractivity contribution >= 4 is 38.2 Å². The Labute approximate surface area is 239 Å². The van der Waals surface area contributed by atoms with Crippen LogP contribution in [0.15, 0.2) is 53.7 Å². The van der Waals surface area contributed by atoms with Crippen molar-refractivity contribution in [2.45, 2.75) is 42.1 Å².